The Morgan fingerprint density at radius 3 is 2.67 bits per heavy atom. The van der Waals surface area contributed by atoms with Crippen LogP contribution in [-0.2, 0) is 28.9 Å². The molecule has 1 aliphatic rings. The van der Waals surface area contributed by atoms with E-state index < -0.39 is 11.9 Å². The number of carboxylic acids is 1. The van der Waals surface area contributed by atoms with Crippen molar-refractivity contribution < 1.29 is 14.7 Å². The van der Waals surface area contributed by atoms with Crippen LogP contribution >= 0.6 is 0 Å². The SMILES string of the molecule is CC(CCNC(=O)Cc1ccc2c(c1)CCCC2)C(=O)O. The lowest BCUT2D eigenvalue weighted by Gasteiger charge is -2.16. The van der Waals surface area contributed by atoms with Crippen LogP contribution in [0.1, 0.15) is 42.9 Å². The number of aryl methyl sites for hydroxylation is 2. The van der Waals surface area contributed by atoms with Crippen LogP contribution in [-0.4, -0.2) is 23.5 Å². The number of nitrogens with one attached hydrogen (secondary N) is 1. The Balaban J connectivity index is 1.81. The van der Waals surface area contributed by atoms with E-state index in [1.165, 1.54) is 24.0 Å². The highest BCUT2D eigenvalue weighted by Gasteiger charge is 2.13. The zero-order valence-electron chi connectivity index (χ0n) is 12.5. The van der Waals surface area contributed by atoms with Crippen LogP contribution in [0, 0.1) is 5.92 Å². The van der Waals surface area contributed by atoms with Crippen LogP contribution < -0.4 is 5.32 Å². The average Bonchev–Trinajstić information content (AvgIpc) is 2.46. The van der Waals surface area contributed by atoms with Crippen molar-refractivity contribution in [2.24, 2.45) is 5.92 Å². The van der Waals surface area contributed by atoms with E-state index in [1.807, 2.05) is 6.07 Å². The third kappa shape index (κ3) is 4.59. The van der Waals surface area contributed by atoms with Crippen molar-refractivity contribution in [3.63, 3.8) is 0 Å². The molecule has 1 aliphatic carbocycles. The van der Waals surface area contributed by atoms with E-state index in [4.69, 9.17) is 5.11 Å². The molecular formula is C17H23NO3. The molecule has 0 spiro atoms. The number of rotatable bonds is 6. The van der Waals surface area contributed by atoms with Crippen molar-refractivity contribution in [1.82, 2.24) is 5.32 Å². The van der Waals surface area contributed by atoms with Crippen molar-refractivity contribution >= 4 is 11.9 Å². The molecule has 1 amide bonds. The molecule has 114 valence electrons. The van der Waals surface area contributed by atoms with Crippen LogP contribution in [0.3, 0.4) is 0 Å². The van der Waals surface area contributed by atoms with Gasteiger partial charge in [-0.1, -0.05) is 25.1 Å². The molecule has 1 atom stereocenters. The van der Waals surface area contributed by atoms with Gasteiger partial charge in [-0.3, -0.25) is 9.59 Å². The maximum absolute atomic E-state index is 11.9. The lowest BCUT2D eigenvalue weighted by Crippen LogP contribution is -2.28. The second-order valence-electron chi connectivity index (χ2n) is 5.86. The fourth-order valence-corrected chi connectivity index (χ4v) is 2.70. The zero-order valence-corrected chi connectivity index (χ0v) is 12.5. The fourth-order valence-electron chi connectivity index (χ4n) is 2.70. The van der Waals surface area contributed by atoms with E-state index in [9.17, 15) is 9.59 Å². The Labute approximate surface area is 125 Å². The lowest BCUT2D eigenvalue weighted by atomic mass is 9.90. The summed E-state index contributed by atoms with van der Waals surface area (Å²) in [5.41, 5.74) is 3.84. The van der Waals surface area contributed by atoms with Gasteiger partial charge in [0.05, 0.1) is 12.3 Å². The van der Waals surface area contributed by atoms with Crippen LogP contribution in [0.2, 0.25) is 0 Å². The third-order valence-corrected chi connectivity index (χ3v) is 4.10. The van der Waals surface area contributed by atoms with Gasteiger partial charge in [-0.25, -0.2) is 0 Å². The summed E-state index contributed by atoms with van der Waals surface area (Å²) in [6, 6.07) is 6.32. The molecule has 0 fully saturated rings. The van der Waals surface area contributed by atoms with Gasteiger partial charge in [0.25, 0.3) is 0 Å². The van der Waals surface area contributed by atoms with E-state index in [2.05, 4.69) is 17.4 Å². The first kappa shape index (κ1) is 15.5. The van der Waals surface area contributed by atoms with E-state index in [0.717, 1.165) is 18.4 Å². The Morgan fingerprint density at radius 1 is 1.24 bits per heavy atom. The van der Waals surface area contributed by atoms with E-state index in [0.29, 0.717) is 19.4 Å². The highest BCUT2D eigenvalue weighted by molar-refractivity contribution is 5.78. The third-order valence-electron chi connectivity index (χ3n) is 4.10. The summed E-state index contributed by atoms with van der Waals surface area (Å²) < 4.78 is 0. The van der Waals surface area contributed by atoms with Crippen molar-refractivity contribution in [2.45, 2.75) is 45.4 Å². The number of hydrogen-bond donors (Lipinski definition) is 2. The molecule has 1 unspecified atom stereocenters. The molecule has 0 aliphatic heterocycles. The minimum atomic E-state index is -0.820. The number of fused-ring (bicyclic) bond motifs is 1. The summed E-state index contributed by atoms with van der Waals surface area (Å²) in [5, 5.41) is 11.6. The monoisotopic (exact) mass is 289 g/mol. The van der Waals surface area contributed by atoms with Crippen molar-refractivity contribution in [1.29, 1.82) is 0 Å². The molecule has 2 N–H and O–H groups in total. The van der Waals surface area contributed by atoms with Gasteiger partial charge in [-0.05, 0) is 48.8 Å². The molecule has 0 heterocycles. The second-order valence-corrected chi connectivity index (χ2v) is 5.86. The highest BCUT2D eigenvalue weighted by atomic mass is 16.4. The van der Waals surface area contributed by atoms with Gasteiger partial charge in [0.2, 0.25) is 5.91 Å². The minimum absolute atomic E-state index is 0.0386. The first-order valence-electron chi connectivity index (χ1n) is 7.66. The van der Waals surface area contributed by atoms with Gasteiger partial charge in [0.1, 0.15) is 0 Å². The number of amides is 1. The van der Waals surface area contributed by atoms with Gasteiger partial charge in [-0.2, -0.15) is 0 Å². The molecule has 0 bridgehead atoms. The summed E-state index contributed by atoms with van der Waals surface area (Å²) >= 11 is 0. The number of hydrogen-bond acceptors (Lipinski definition) is 2. The topological polar surface area (TPSA) is 66.4 Å². The molecule has 0 aromatic heterocycles. The van der Waals surface area contributed by atoms with E-state index >= 15 is 0 Å². The van der Waals surface area contributed by atoms with Gasteiger partial charge in [0, 0.05) is 6.54 Å². The molecule has 4 nitrogen and oxygen atoms in total. The van der Waals surface area contributed by atoms with E-state index in [-0.39, 0.29) is 5.91 Å². The number of benzene rings is 1. The van der Waals surface area contributed by atoms with Gasteiger partial charge in [0.15, 0.2) is 0 Å². The number of carboxylic acid groups (broad SMARTS) is 1. The van der Waals surface area contributed by atoms with Gasteiger partial charge in [-0.15, -0.1) is 0 Å². The zero-order chi connectivity index (χ0) is 15.2. The lowest BCUT2D eigenvalue weighted by molar-refractivity contribution is -0.141. The Hall–Kier alpha value is -1.84. The van der Waals surface area contributed by atoms with Crippen molar-refractivity contribution in [2.75, 3.05) is 6.54 Å². The molecule has 4 heteroatoms. The van der Waals surface area contributed by atoms with Crippen LogP contribution in [0.4, 0.5) is 0 Å². The maximum atomic E-state index is 11.9. The van der Waals surface area contributed by atoms with Gasteiger partial charge >= 0.3 is 5.97 Å². The predicted octanol–water partition coefficient (Wildman–Crippen LogP) is 2.33. The fraction of sp³-hybridized carbons (Fsp3) is 0.529. The van der Waals surface area contributed by atoms with Crippen molar-refractivity contribution in [3.8, 4) is 0 Å². The number of carbonyl (C=O) groups excluding carboxylic acids is 1. The summed E-state index contributed by atoms with van der Waals surface area (Å²) in [5.74, 6) is -1.28. The van der Waals surface area contributed by atoms with E-state index in [1.54, 1.807) is 6.92 Å². The first-order chi connectivity index (χ1) is 10.1. The molecule has 21 heavy (non-hydrogen) atoms. The molecular weight excluding hydrogens is 266 g/mol. The molecule has 0 radical (unpaired) electrons. The molecule has 1 aromatic carbocycles. The summed E-state index contributed by atoms with van der Waals surface area (Å²) in [7, 11) is 0. The van der Waals surface area contributed by atoms with Crippen LogP contribution in [0.5, 0.6) is 0 Å². The van der Waals surface area contributed by atoms with Crippen molar-refractivity contribution in [3.05, 3.63) is 34.9 Å². The quantitative estimate of drug-likeness (QED) is 0.844. The summed E-state index contributed by atoms with van der Waals surface area (Å²) in [6.07, 6.45) is 5.58. The standard InChI is InChI=1S/C17H23NO3/c1-12(17(20)21)8-9-18-16(19)11-13-6-7-14-4-2-3-5-15(14)10-13/h6-7,10,12H,2-5,8-9,11H2,1H3,(H,18,19)(H,20,21). The molecule has 0 saturated carbocycles. The Morgan fingerprint density at radius 2 is 1.95 bits per heavy atom. The normalized spacial score (nSPS) is 15.1. The predicted molar refractivity (Wildman–Crippen MR) is 81.2 cm³/mol. The maximum Gasteiger partial charge on any atom is 0.306 e. The van der Waals surface area contributed by atoms with Gasteiger partial charge < -0.3 is 10.4 Å². The van der Waals surface area contributed by atoms with Crippen LogP contribution in [0.25, 0.3) is 0 Å². The Bertz CT molecular complexity index is 525. The second kappa shape index (κ2) is 7.25. The number of carbonyl (C=O) groups is 2. The summed E-state index contributed by atoms with van der Waals surface area (Å²) in [4.78, 5) is 22.6. The molecule has 2 rings (SSSR count). The largest absolute Gasteiger partial charge is 0.481 e. The molecule has 1 aromatic rings. The molecule has 0 saturated heterocycles. The first-order valence-corrected chi connectivity index (χ1v) is 7.66. The minimum Gasteiger partial charge on any atom is -0.481 e. The number of aliphatic carboxylic acids is 1. The smallest absolute Gasteiger partial charge is 0.306 e. The highest BCUT2D eigenvalue weighted by Crippen LogP contribution is 2.22. The average molecular weight is 289 g/mol. The summed E-state index contributed by atoms with van der Waals surface area (Å²) in [6.45, 7) is 2.06. The van der Waals surface area contributed by atoms with Crippen LogP contribution in [0.15, 0.2) is 18.2 Å². The Kier molecular flexibility index (Phi) is 5.37.